The Bertz CT molecular complexity index is 1850. The first kappa shape index (κ1) is 30.3. The molecular weight excluding hydrogens is 598 g/mol. The van der Waals surface area contributed by atoms with Crippen LogP contribution in [0.5, 0.6) is 5.75 Å². The van der Waals surface area contributed by atoms with E-state index >= 15 is 8.78 Å². The molecule has 11 nitrogen and oxygen atoms in total. The maximum atomic E-state index is 15.3. The molecule has 0 bridgehead atoms. The molecule has 13 heteroatoms. The summed E-state index contributed by atoms with van der Waals surface area (Å²) in [4.78, 5) is 43.1. The molecule has 1 fully saturated rings. The van der Waals surface area contributed by atoms with Gasteiger partial charge in [-0.1, -0.05) is 42.5 Å². The first-order chi connectivity index (χ1) is 22.2. The van der Waals surface area contributed by atoms with E-state index in [9.17, 15) is 19.6 Å². The van der Waals surface area contributed by atoms with E-state index in [0.717, 1.165) is 0 Å². The van der Waals surface area contributed by atoms with Crippen LogP contribution < -0.4 is 15.0 Å². The van der Waals surface area contributed by atoms with Gasteiger partial charge in [0.2, 0.25) is 0 Å². The number of benzene rings is 3. The SMILES string of the molecule is CCOC(=O)N1C[C@H]2[C@H](C1)n1ncc(NC(=O)c3ccc(OC)c(C#N)c3)c1C(=O)N2c1ccc(C(F)(F)c2ccccc2)cc1. The Balaban J connectivity index is 1.36. The Morgan fingerprint density at radius 1 is 1.04 bits per heavy atom. The molecule has 46 heavy (non-hydrogen) atoms. The van der Waals surface area contributed by atoms with E-state index < -0.39 is 35.9 Å². The van der Waals surface area contributed by atoms with Crippen molar-refractivity contribution in [3.63, 3.8) is 0 Å². The standard InChI is InChI=1S/C33H28F2N6O5/c1-3-46-32(44)39-18-26-27(19-39)41-29(25(17-37-41)38-30(42)20-9-14-28(45-2)21(15-20)16-36)31(43)40(26)24-12-10-23(11-13-24)33(34,35)22-7-5-4-6-8-22/h4-15,17,26-27H,3,18-19H2,1-2H3,(H,38,42)/t26-,27-/m0/s1. The molecule has 2 aliphatic rings. The number of methoxy groups -OCH3 is 1. The lowest BCUT2D eigenvalue weighted by Gasteiger charge is -2.37. The summed E-state index contributed by atoms with van der Waals surface area (Å²) in [7, 11) is 1.41. The summed E-state index contributed by atoms with van der Waals surface area (Å²) in [5, 5.41) is 16.6. The van der Waals surface area contributed by atoms with Gasteiger partial charge in [0.25, 0.3) is 17.7 Å². The molecule has 4 aromatic rings. The molecule has 234 valence electrons. The number of nitrogens with one attached hydrogen (secondary N) is 1. The Kier molecular flexibility index (Phi) is 7.87. The van der Waals surface area contributed by atoms with Gasteiger partial charge in [-0.15, -0.1) is 0 Å². The van der Waals surface area contributed by atoms with Gasteiger partial charge in [-0.25, -0.2) is 4.79 Å². The normalized spacial score (nSPS) is 17.2. The van der Waals surface area contributed by atoms with E-state index in [0.29, 0.717) is 11.4 Å². The van der Waals surface area contributed by atoms with Gasteiger partial charge in [0.1, 0.15) is 11.8 Å². The number of halogens is 2. The third-order valence-electron chi connectivity index (χ3n) is 8.12. The number of carbonyl (C=O) groups is 3. The van der Waals surface area contributed by atoms with Gasteiger partial charge >= 0.3 is 6.09 Å². The molecule has 0 saturated carbocycles. The van der Waals surface area contributed by atoms with Crippen LogP contribution in [-0.4, -0.2) is 65.4 Å². The number of likely N-dealkylation sites (tertiary alicyclic amines) is 1. The van der Waals surface area contributed by atoms with Crippen molar-refractivity contribution in [2.75, 3.05) is 37.0 Å². The Morgan fingerprint density at radius 3 is 2.41 bits per heavy atom. The second kappa shape index (κ2) is 12.0. The number of nitriles is 1. The topological polar surface area (TPSA) is 130 Å². The highest BCUT2D eigenvalue weighted by atomic mass is 19.3. The van der Waals surface area contributed by atoms with E-state index in [4.69, 9.17) is 9.47 Å². The highest BCUT2D eigenvalue weighted by molar-refractivity contribution is 6.13. The maximum Gasteiger partial charge on any atom is 0.409 e. The fourth-order valence-corrected chi connectivity index (χ4v) is 5.90. The minimum absolute atomic E-state index is 0.0491. The molecule has 2 atom stereocenters. The summed E-state index contributed by atoms with van der Waals surface area (Å²) in [5.41, 5.74) is 0.376. The maximum absolute atomic E-state index is 15.3. The molecule has 2 aliphatic heterocycles. The molecule has 0 spiro atoms. The molecule has 6 rings (SSSR count). The van der Waals surface area contributed by atoms with Crippen molar-refractivity contribution < 1.29 is 32.6 Å². The molecule has 1 N–H and O–H groups in total. The fourth-order valence-electron chi connectivity index (χ4n) is 5.90. The molecule has 1 saturated heterocycles. The summed E-state index contributed by atoms with van der Waals surface area (Å²) in [6.45, 7) is 2.11. The van der Waals surface area contributed by atoms with Crippen LogP contribution >= 0.6 is 0 Å². The van der Waals surface area contributed by atoms with Gasteiger partial charge in [0, 0.05) is 35.5 Å². The Hall–Kier alpha value is -5.77. The summed E-state index contributed by atoms with van der Waals surface area (Å²) >= 11 is 0. The van der Waals surface area contributed by atoms with Crippen LogP contribution in [0, 0.1) is 11.3 Å². The summed E-state index contributed by atoms with van der Waals surface area (Å²) in [6, 6.07) is 18.0. The van der Waals surface area contributed by atoms with Gasteiger partial charge in [0.05, 0.1) is 43.2 Å². The summed E-state index contributed by atoms with van der Waals surface area (Å²) in [6.07, 6.45) is 0.786. The lowest BCUT2D eigenvalue weighted by molar-refractivity contribution is 0.0428. The van der Waals surface area contributed by atoms with E-state index in [2.05, 4.69) is 10.4 Å². The van der Waals surface area contributed by atoms with Crippen LogP contribution in [-0.2, 0) is 10.7 Å². The van der Waals surface area contributed by atoms with Crippen molar-refractivity contribution >= 4 is 29.3 Å². The van der Waals surface area contributed by atoms with Crippen LogP contribution in [0.2, 0.25) is 0 Å². The van der Waals surface area contributed by atoms with Crippen LogP contribution in [0.3, 0.4) is 0 Å². The first-order valence-corrected chi connectivity index (χ1v) is 14.4. The largest absolute Gasteiger partial charge is 0.495 e. The minimum Gasteiger partial charge on any atom is -0.495 e. The zero-order valence-corrected chi connectivity index (χ0v) is 24.8. The summed E-state index contributed by atoms with van der Waals surface area (Å²) in [5.74, 6) is -4.11. The van der Waals surface area contributed by atoms with Crippen molar-refractivity contribution in [3.05, 3.63) is 107 Å². The average molecular weight is 627 g/mol. The van der Waals surface area contributed by atoms with Crippen molar-refractivity contribution in [1.82, 2.24) is 14.7 Å². The first-order valence-electron chi connectivity index (χ1n) is 14.4. The average Bonchev–Trinajstić information content (AvgIpc) is 3.70. The Labute approximate surface area is 262 Å². The third kappa shape index (κ3) is 5.17. The molecular formula is C33H28F2N6O5. The third-order valence-corrected chi connectivity index (χ3v) is 8.12. The number of alkyl halides is 2. The van der Waals surface area contributed by atoms with Crippen molar-refractivity contribution in [2.24, 2.45) is 0 Å². The van der Waals surface area contributed by atoms with E-state index in [1.165, 1.54) is 94.5 Å². The second-order valence-corrected chi connectivity index (χ2v) is 10.7. The van der Waals surface area contributed by atoms with Crippen LogP contribution in [0.15, 0.2) is 79.0 Å². The minimum atomic E-state index is -3.27. The Morgan fingerprint density at radius 2 is 1.74 bits per heavy atom. The van der Waals surface area contributed by atoms with E-state index in [1.807, 2.05) is 6.07 Å². The lowest BCUT2D eigenvalue weighted by Crippen LogP contribution is -2.51. The van der Waals surface area contributed by atoms with Crippen LogP contribution in [0.25, 0.3) is 0 Å². The quantitative estimate of drug-likeness (QED) is 0.299. The highest BCUT2D eigenvalue weighted by Gasteiger charge is 2.49. The van der Waals surface area contributed by atoms with Gasteiger partial charge in [-0.2, -0.15) is 19.1 Å². The lowest BCUT2D eigenvalue weighted by atomic mass is 9.99. The second-order valence-electron chi connectivity index (χ2n) is 10.7. The number of amides is 3. The predicted molar refractivity (Wildman–Crippen MR) is 162 cm³/mol. The van der Waals surface area contributed by atoms with Crippen molar-refractivity contribution in [1.29, 1.82) is 5.26 Å². The monoisotopic (exact) mass is 626 g/mol. The van der Waals surface area contributed by atoms with Crippen molar-refractivity contribution in [2.45, 2.75) is 24.9 Å². The molecule has 3 aromatic carbocycles. The zero-order valence-electron chi connectivity index (χ0n) is 24.8. The molecule has 0 aliphatic carbocycles. The number of ether oxygens (including phenoxy) is 2. The number of aromatic nitrogens is 2. The number of nitrogens with zero attached hydrogens (tertiary/aromatic N) is 5. The number of carbonyl (C=O) groups excluding carboxylic acids is 3. The number of rotatable bonds is 7. The van der Waals surface area contributed by atoms with Crippen molar-refractivity contribution in [3.8, 4) is 11.8 Å². The van der Waals surface area contributed by atoms with Gasteiger partial charge in [0.15, 0.2) is 5.69 Å². The predicted octanol–water partition coefficient (Wildman–Crippen LogP) is 5.20. The number of hydrogen-bond acceptors (Lipinski definition) is 7. The summed E-state index contributed by atoms with van der Waals surface area (Å²) < 4.78 is 42.5. The molecule has 1 aromatic heterocycles. The number of anilines is 2. The smallest absolute Gasteiger partial charge is 0.409 e. The van der Waals surface area contributed by atoms with Crippen LogP contribution in [0.1, 0.15) is 50.5 Å². The molecule has 0 radical (unpaired) electrons. The highest BCUT2D eigenvalue weighted by Crippen LogP contribution is 2.41. The van der Waals surface area contributed by atoms with Gasteiger partial charge in [-0.05, 0) is 37.3 Å². The van der Waals surface area contributed by atoms with Gasteiger partial charge < -0.3 is 19.7 Å². The molecule has 0 unspecified atom stereocenters. The fraction of sp³-hybridized carbons (Fsp3) is 0.242. The van der Waals surface area contributed by atoms with E-state index in [1.54, 1.807) is 13.0 Å². The molecule has 3 amide bonds. The van der Waals surface area contributed by atoms with Gasteiger partial charge in [-0.3, -0.25) is 19.2 Å². The zero-order chi connectivity index (χ0) is 32.6. The number of hydrogen-bond donors (Lipinski definition) is 1. The van der Waals surface area contributed by atoms with Crippen LogP contribution in [0.4, 0.5) is 25.0 Å². The molecule has 3 heterocycles. The number of fused-ring (bicyclic) bond motifs is 3. The van der Waals surface area contributed by atoms with E-state index in [-0.39, 0.29) is 53.3 Å².